The van der Waals surface area contributed by atoms with Crippen molar-refractivity contribution in [3.63, 3.8) is 0 Å². The first-order valence-electron chi connectivity index (χ1n) is 11.7. The van der Waals surface area contributed by atoms with Crippen LogP contribution in [-0.2, 0) is 30.4 Å². The zero-order valence-corrected chi connectivity index (χ0v) is 19.5. The van der Waals surface area contributed by atoms with Gasteiger partial charge in [0.25, 0.3) is 0 Å². The third-order valence-electron chi connectivity index (χ3n) is 5.07. The van der Waals surface area contributed by atoms with E-state index in [1.807, 2.05) is 0 Å². The summed E-state index contributed by atoms with van der Waals surface area (Å²) in [4.78, 5) is 39.4. The van der Waals surface area contributed by atoms with Crippen LogP contribution in [0, 0.1) is 0 Å². The average Bonchev–Trinajstić information content (AvgIpc) is 2.79. The zero-order chi connectivity index (χ0) is 24.3. The zero-order valence-electron chi connectivity index (χ0n) is 19.5. The lowest BCUT2D eigenvalue weighted by Gasteiger charge is -2.17. The standard InChI is InChI=1S/C25H37NO7/c1-2-3-4-5-6-7-8-9-10-11-18-32-25(31)22(19-20-12-14-21(27)15-13-20)26-33-24(30)17-16-23(28)29/h12-17,22,26-27H,2-11,18-19H2,1H3,(H,28,29)/b17-16-/t22-/m0/s1. The van der Waals surface area contributed by atoms with E-state index < -0.39 is 23.9 Å². The average molecular weight is 464 g/mol. The van der Waals surface area contributed by atoms with Gasteiger partial charge in [-0.25, -0.2) is 9.59 Å². The van der Waals surface area contributed by atoms with Gasteiger partial charge in [-0.05, 0) is 24.1 Å². The van der Waals surface area contributed by atoms with Crippen LogP contribution >= 0.6 is 0 Å². The summed E-state index contributed by atoms with van der Waals surface area (Å²) in [6, 6.07) is 5.30. The molecule has 33 heavy (non-hydrogen) atoms. The largest absolute Gasteiger partial charge is 0.508 e. The Hall–Kier alpha value is -2.87. The van der Waals surface area contributed by atoms with Crippen LogP contribution in [-0.4, -0.2) is 40.8 Å². The summed E-state index contributed by atoms with van der Waals surface area (Å²) >= 11 is 0. The summed E-state index contributed by atoms with van der Waals surface area (Å²) in [7, 11) is 0. The quantitative estimate of drug-likeness (QED) is 0.126. The predicted molar refractivity (Wildman–Crippen MR) is 124 cm³/mol. The molecule has 1 atom stereocenters. The molecule has 1 aromatic carbocycles. The van der Waals surface area contributed by atoms with Gasteiger partial charge in [0.15, 0.2) is 0 Å². The number of hydrogen-bond donors (Lipinski definition) is 3. The molecule has 0 heterocycles. The van der Waals surface area contributed by atoms with Crippen molar-refractivity contribution in [2.75, 3.05) is 6.61 Å². The smallest absolute Gasteiger partial charge is 0.349 e. The van der Waals surface area contributed by atoms with Crippen molar-refractivity contribution in [1.29, 1.82) is 0 Å². The van der Waals surface area contributed by atoms with Crippen LogP contribution in [0.4, 0.5) is 0 Å². The molecular weight excluding hydrogens is 426 g/mol. The fourth-order valence-corrected chi connectivity index (χ4v) is 3.21. The minimum Gasteiger partial charge on any atom is -0.508 e. The highest BCUT2D eigenvalue weighted by molar-refractivity contribution is 5.90. The van der Waals surface area contributed by atoms with Gasteiger partial charge in [0.05, 0.1) is 6.61 Å². The first-order valence-corrected chi connectivity index (χ1v) is 11.7. The number of unbranched alkanes of at least 4 members (excludes halogenated alkanes) is 9. The van der Waals surface area contributed by atoms with E-state index in [9.17, 15) is 19.5 Å². The fourth-order valence-electron chi connectivity index (χ4n) is 3.21. The molecule has 3 N–H and O–H groups in total. The maximum atomic E-state index is 12.5. The van der Waals surface area contributed by atoms with Gasteiger partial charge in [-0.2, -0.15) is 0 Å². The van der Waals surface area contributed by atoms with Crippen LogP contribution in [0.1, 0.15) is 76.7 Å². The number of ether oxygens (including phenoxy) is 1. The second kappa shape index (κ2) is 17.7. The molecule has 0 amide bonds. The fraction of sp³-hybridized carbons (Fsp3) is 0.560. The summed E-state index contributed by atoms with van der Waals surface area (Å²) in [6.45, 7) is 2.49. The molecule has 184 valence electrons. The molecule has 0 bridgehead atoms. The van der Waals surface area contributed by atoms with Gasteiger partial charge in [-0.1, -0.05) is 76.8 Å². The number of carbonyl (C=O) groups is 3. The van der Waals surface area contributed by atoms with Gasteiger partial charge in [-0.15, -0.1) is 5.48 Å². The molecule has 1 rings (SSSR count). The van der Waals surface area contributed by atoms with E-state index in [0.29, 0.717) is 6.08 Å². The molecule has 0 radical (unpaired) electrons. The van der Waals surface area contributed by atoms with Gasteiger partial charge in [-0.3, -0.25) is 4.79 Å². The van der Waals surface area contributed by atoms with Crippen molar-refractivity contribution in [1.82, 2.24) is 5.48 Å². The Morgan fingerprint density at radius 3 is 2.06 bits per heavy atom. The van der Waals surface area contributed by atoms with Crippen molar-refractivity contribution in [2.24, 2.45) is 0 Å². The molecule has 0 fully saturated rings. The first-order chi connectivity index (χ1) is 15.9. The van der Waals surface area contributed by atoms with Crippen LogP contribution in [0.5, 0.6) is 5.75 Å². The molecule has 8 nitrogen and oxygen atoms in total. The number of esters is 1. The molecule has 0 saturated carbocycles. The van der Waals surface area contributed by atoms with Crippen LogP contribution in [0.3, 0.4) is 0 Å². The van der Waals surface area contributed by atoms with E-state index >= 15 is 0 Å². The number of benzene rings is 1. The maximum Gasteiger partial charge on any atom is 0.349 e. The molecule has 0 aliphatic carbocycles. The van der Waals surface area contributed by atoms with E-state index in [-0.39, 0.29) is 18.8 Å². The Morgan fingerprint density at radius 2 is 1.48 bits per heavy atom. The van der Waals surface area contributed by atoms with Crippen LogP contribution in [0.25, 0.3) is 0 Å². The van der Waals surface area contributed by atoms with Crippen LogP contribution in [0.15, 0.2) is 36.4 Å². The summed E-state index contributed by atoms with van der Waals surface area (Å²) in [6.07, 6.45) is 13.3. The second-order valence-corrected chi connectivity index (χ2v) is 7.98. The molecule has 0 spiro atoms. The Morgan fingerprint density at radius 1 is 0.909 bits per heavy atom. The number of carbonyl (C=O) groups excluding carboxylic acids is 2. The second-order valence-electron chi connectivity index (χ2n) is 7.98. The van der Waals surface area contributed by atoms with Gasteiger partial charge in [0, 0.05) is 18.6 Å². The Bertz CT molecular complexity index is 731. The van der Waals surface area contributed by atoms with Crippen molar-refractivity contribution in [3.05, 3.63) is 42.0 Å². The molecule has 8 heteroatoms. The number of aromatic hydroxyl groups is 1. The van der Waals surface area contributed by atoms with Gasteiger partial charge >= 0.3 is 17.9 Å². The molecule has 0 aliphatic heterocycles. The van der Waals surface area contributed by atoms with Crippen molar-refractivity contribution in [3.8, 4) is 5.75 Å². The van der Waals surface area contributed by atoms with Gasteiger partial charge in [0.1, 0.15) is 11.8 Å². The number of nitrogens with one attached hydrogen (secondary N) is 1. The minimum absolute atomic E-state index is 0.0945. The Kier molecular flexibility index (Phi) is 15.1. The topological polar surface area (TPSA) is 122 Å². The highest BCUT2D eigenvalue weighted by Crippen LogP contribution is 2.13. The van der Waals surface area contributed by atoms with Gasteiger partial charge < -0.3 is 19.8 Å². The first kappa shape index (κ1) is 28.2. The normalized spacial score (nSPS) is 11.9. The number of hydroxylamine groups is 1. The van der Waals surface area contributed by atoms with Crippen molar-refractivity contribution >= 4 is 17.9 Å². The lowest BCUT2D eigenvalue weighted by atomic mass is 10.1. The predicted octanol–water partition coefficient (Wildman–Crippen LogP) is 4.46. The van der Waals surface area contributed by atoms with E-state index in [1.165, 1.54) is 57.1 Å². The monoisotopic (exact) mass is 463 g/mol. The number of carboxylic acid groups (broad SMARTS) is 1. The van der Waals surface area contributed by atoms with Crippen molar-refractivity contribution < 1.29 is 34.2 Å². The van der Waals surface area contributed by atoms with E-state index in [0.717, 1.165) is 30.9 Å². The molecule has 0 unspecified atom stereocenters. The maximum absolute atomic E-state index is 12.5. The molecule has 1 aromatic rings. The Labute approximate surface area is 195 Å². The van der Waals surface area contributed by atoms with Crippen LogP contribution in [0.2, 0.25) is 0 Å². The minimum atomic E-state index is -1.29. The van der Waals surface area contributed by atoms with Crippen molar-refractivity contribution in [2.45, 2.75) is 83.6 Å². The lowest BCUT2D eigenvalue weighted by molar-refractivity contribution is -0.157. The highest BCUT2D eigenvalue weighted by atomic mass is 16.7. The SMILES string of the molecule is CCCCCCCCCCCCOC(=O)[C@H](Cc1ccc(O)cc1)NOC(=O)/C=C\C(=O)O. The summed E-state index contributed by atoms with van der Waals surface area (Å²) < 4.78 is 5.35. The number of hydrogen-bond acceptors (Lipinski definition) is 7. The summed E-state index contributed by atoms with van der Waals surface area (Å²) in [5.41, 5.74) is 3.09. The molecule has 0 aliphatic rings. The van der Waals surface area contributed by atoms with E-state index in [4.69, 9.17) is 14.7 Å². The lowest BCUT2D eigenvalue weighted by Crippen LogP contribution is -2.41. The third kappa shape index (κ3) is 14.7. The Balaban J connectivity index is 2.39. The third-order valence-corrected chi connectivity index (χ3v) is 5.07. The molecular formula is C25H37NO7. The number of rotatable bonds is 18. The van der Waals surface area contributed by atoms with E-state index in [2.05, 4.69) is 12.4 Å². The molecule has 0 aromatic heterocycles. The molecule has 0 saturated heterocycles. The highest BCUT2D eigenvalue weighted by Gasteiger charge is 2.22. The number of aliphatic carboxylic acids is 1. The van der Waals surface area contributed by atoms with Crippen LogP contribution < -0.4 is 5.48 Å². The van der Waals surface area contributed by atoms with E-state index in [1.54, 1.807) is 12.1 Å². The van der Waals surface area contributed by atoms with Gasteiger partial charge in [0.2, 0.25) is 0 Å². The number of phenols is 1. The summed E-state index contributed by atoms with van der Waals surface area (Å²) in [5.74, 6) is -2.72. The summed E-state index contributed by atoms with van der Waals surface area (Å²) in [5, 5.41) is 18.0. The number of carboxylic acids is 1. The number of phenolic OH excluding ortho intramolecular Hbond substituents is 1.